The minimum absolute atomic E-state index is 0. The molecule has 1 heterocycles. The van der Waals surface area contributed by atoms with Crippen LogP contribution in [0.3, 0.4) is 0 Å². The van der Waals surface area contributed by atoms with Crippen molar-refractivity contribution in [3.8, 4) is 0 Å². The largest absolute Gasteiger partial charge is 0.381 e. The van der Waals surface area contributed by atoms with E-state index in [9.17, 15) is 0 Å². The second-order valence-electron chi connectivity index (χ2n) is 3.50. The predicted octanol–water partition coefficient (Wildman–Crippen LogP) is 1.57. The van der Waals surface area contributed by atoms with Crippen molar-refractivity contribution in [2.45, 2.75) is 32.2 Å². The van der Waals surface area contributed by atoms with Gasteiger partial charge in [0.15, 0.2) is 0 Å². The lowest BCUT2D eigenvalue weighted by molar-refractivity contribution is 0.0363. The molecule has 1 fully saturated rings. The second kappa shape index (κ2) is 4.29. The smallest absolute Gasteiger partial charge is 0.0483 e. The Bertz CT molecular complexity index is 111. The van der Waals surface area contributed by atoms with Crippen LogP contribution in [0.5, 0.6) is 0 Å². The predicted molar refractivity (Wildman–Crippen MR) is 49.1 cm³/mol. The van der Waals surface area contributed by atoms with Crippen molar-refractivity contribution < 1.29 is 4.74 Å². The summed E-state index contributed by atoms with van der Waals surface area (Å²) in [5.74, 6) is 0.580. The maximum Gasteiger partial charge on any atom is 0.0483 e. The molecular weight excluding hydrogens is 162 g/mol. The normalized spacial score (nSPS) is 22.9. The summed E-state index contributed by atoms with van der Waals surface area (Å²) in [5, 5.41) is 0. The highest BCUT2D eigenvalue weighted by Gasteiger charge is 2.30. The molecule has 0 aromatic rings. The third-order valence-electron chi connectivity index (χ3n) is 2.57. The van der Waals surface area contributed by atoms with E-state index in [1.807, 2.05) is 0 Å². The van der Waals surface area contributed by atoms with Gasteiger partial charge in [0.2, 0.25) is 0 Å². The Morgan fingerprint density at radius 2 is 1.73 bits per heavy atom. The summed E-state index contributed by atoms with van der Waals surface area (Å²) >= 11 is 0. The molecule has 68 valence electrons. The highest BCUT2D eigenvalue weighted by atomic mass is 35.5. The zero-order chi connectivity index (χ0) is 7.61. The quantitative estimate of drug-likeness (QED) is 0.664. The van der Waals surface area contributed by atoms with E-state index >= 15 is 0 Å². The Labute approximate surface area is 74.9 Å². The number of hydrogen-bond acceptors (Lipinski definition) is 2. The molecule has 0 aliphatic carbocycles. The molecule has 0 spiro atoms. The molecule has 0 amide bonds. The highest BCUT2D eigenvalue weighted by molar-refractivity contribution is 5.85. The Kier molecular flexibility index (Phi) is 4.37. The fraction of sp³-hybridized carbons (Fsp3) is 1.00. The van der Waals surface area contributed by atoms with Gasteiger partial charge in [-0.25, -0.2) is 0 Å². The van der Waals surface area contributed by atoms with Crippen LogP contribution in [-0.4, -0.2) is 18.8 Å². The second-order valence-corrected chi connectivity index (χ2v) is 3.50. The number of halogens is 1. The highest BCUT2D eigenvalue weighted by Crippen LogP contribution is 2.25. The number of ether oxygens (including phenoxy) is 1. The first-order valence-electron chi connectivity index (χ1n) is 4.02. The molecule has 1 saturated heterocycles. The number of hydrogen-bond donors (Lipinski definition) is 1. The van der Waals surface area contributed by atoms with Gasteiger partial charge in [0.05, 0.1) is 0 Å². The maximum atomic E-state index is 6.12. The van der Waals surface area contributed by atoms with Crippen molar-refractivity contribution in [3.63, 3.8) is 0 Å². The summed E-state index contributed by atoms with van der Waals surface area (Å²) in [5.41, 5.74) is 6.18. The fourth-order valence-electron chi connectivity index (χ4n) is 1.33. The van der Waals surface area contributed by atoms with E-state index in [4.69, 9.17) is 10.5 Å². The SMILES string of the molecule is CC(C)C1(N)CCOCC1.Cl. The van der Waals surface area contributed by atoms with Crippen LogP contribution in [0.25, 0.3) is 0 Å². The van der Waals surface area contributed by atoms with Gasteiger partial charge in [-0.15, -0.1) is 12.4 Å². The van der Waals surface area contributed by atoms with Gasteiger partial charge in [0.25, 0.3) is 0 Å². The van der Waals surface area contributed by atoms with E-state index in [1.165, 1.54) is 0 Å². The molecule has 0 unspecified atom stereocenters. The molecular formula is C8H18ClNO. The first-order chi connectivity index (χ1) is 4.65. The molecule has 1 aliphatic rings. The summed E-state index contributed by atoms with van der Waals surface area (Å²) in [6.45, 7) is 6.06. The lowest BCUT2D eigenvalue weighted by atomic mass is 9.81. The topological polar surface area (TPSA) is 35.2 Å². The molecule has 0 aromatic carbocycles. The zero-order valence-electron chi connectivity index (χ0n) is 7.30. The van der Waals surface area contributed by atoms with Gasteiger partial charge in [0, 0.05) is 18.8 Å². The van der Waals surface area contributed by atoms with Crippen LogP contribution in [0, 0.1) is 5.92 Å². The average molecular weight is 180 g/mol. The molecule has 0 atom stereocenters. The summed E-state index contributed by atoms with van der Waals surface area (Å²) < 4.78 is 5.24. The van der Waals surface area contributed by atoms with E-state index in [-0.39, 0.29) is 17.9 Å². The summed E-state index contributed by atoms with van der Waals surface area (Å²) in [6, 6.07) is 0. The molecule has 1 rings (SSSR count). The van der Waals surface area contributed by atoms with E-state index in [1.54, 1.807) is 0 Å². The van der Waals surface area contributed by atoms with Crippen molar-refractivity contribution in [1.82, 2.24) is 0 Å². The fourth-order valence-corrected chi connectivity index (χ4v) is 1.33. The van der Waals surface area contributed by atoms with Gasteiger partial charge >= 0.3 is 0 Å². The van der Waals surface area contributed by atoms with Crippen LogP contribution in [0.1, 0.15) is 26.7 Å². The molecule has 3 heteroatoms. The maximum absolute atomic E-state index is 6.12. The minimum atomic E-state index is 0. The van der Waals surface area contributed by atoms with Crippen LogP contribution < -0.4 is 5.73 Å². The molecule has 11 heavy (non-hydrogen) atoms. The van der Waals surface area contributed by atoms with Gasteiger partial charge in [-0.2, -0.15) is 0 Å². The first kappa shape index (κ1) is 11.2. The standard InChI is InChI=1S/C8H17NO.ClH/c1-7(2)8(9)3-5-10-6-4-8;/h7H,3-6,9H2,1-2H3;1H. The van der Waals surface area contributed by atoms with Crippen LogP contribution in [0.15, 0.2) is 0 Å². The molecule has 2 nitrogen and oxygen atoms in total. The Morgan fingerprint density at radius 3 is 2.00 bits per heavy atom. The third-order valence-corrected chi connectivity index (χ3v) is 2.57. The number of nitrogens with two attached hydrogens (primary N) is 1. The lowest BCUT2D eigenvalue weighted by Gasteiger charge is -2.36. The molecule has 0 bridgehead atoms. The molecule has 0 radical (unpaired) electrons. The molecule has 0 saturated carbocycles. The van der Waals surface area contributed by atoms with Crippen LogP contribution in [-0.2, 0) is 4.74 Å². The van der Waals surface area contributed by atoms with E-state index < -0.39 is 0 Å². The van der Waals surface area contributed by atoms with Crippen LogP contribution >= 0.6 is 12.4 Å². The van der Waals surface area contributed by atoms with Gasteiger partial charge in [-0.1, -0.05) is 13.8 Å². The Hall–Kier alpha value is 0.210. The van der Waals surface area contributed by atoms with E-state index in [2.05, 4.69) is 13.8 Å². The summed E-state index contributed by atoms with van der Waals surface area (Å²) in [4.78, 5) is 0. The Morgan fingerprint density at radius 1 is 1.27 bits per heavy atom. The summed E-state index contributed by atoms with van der Waals surface area (Å²) in [6.07, 6.45) is 2.04. The monoisotopic (exact) mass is 179 g/mol. The average Bonchev–Trinajstić information content (AvgIpc) is 1.89. The van der Waals surface area contributed by atoms with Gasteiger partial charge in [-0.3, -0.25) is 0 Å². The molecule has 0 aromatic heterocycles. The van der Waals surface area contributed by atoms with Crippen molar-refractivity contribution >= 4 is 12.4 Å². The van der Waals surface area contributed by atoms with Gasteiger partial charge in [0.1, 0.15) is 0 Å². The number of rotatable bonds is 1. The lowest BCUT2D eigenvalue weighted by Crippen LogP contribution is -2.49. The van der Waals surface area contributed by atoms with Gasteiger partial charge in [-0.05, 0) is 18.8 Å². The van der Waals surface area contributed by atoms with Gasteiger partial charge < -0.3 is 10.5 Å². The zero-order valence-corrected chi connectivity index (χ0v) is 8.12. The third kappa shape index (κ3) is 2.62. The molecule has 1 aliphatic heterocycles. The minimum Gasteiger partial charge on any atom is -0.381 e. The van der Waals surface area contributed by atoms with Crippen molar-refractivity contribution in [2.75, 3.05) is 13.2 Å². The van der Waals surface area contributed by atoms with E-state index in [0.717, 1.165) is 26.1 Å². The summed E-state index contributed by atoms with van der Waals surface area (Å²) in [7, 11) is 0. The van der Waals surface area contributed by atoms with Crippen molar-refractivity contribution in [2.24, 2.45) is 11.7 Å². The molecule has 2 N–H and O–H groups in total. The van der Waals surface area contributed by atoms with Crippen LogP contribution in [0.4, 0.5) is 0 Å². The van der Waals surface area contributed by atoms with E-state index in [0.29, 0.717) is 5.92 Å². The van der Waals surface area contributed by atoms with Crippen molar-refractivity contribution in [3.05, 3.63) is 0 Å². The Balaban J connectivity index is 0.000001000. The van der Waals surface area contributed by atoms with Crippen LogP contribution in [0.2, 0.25) is 0 Å². The van der Waals surface area contributed by atoms with Crippen molar-refractivity contribution in [1.29, 1.82) is 0 Å². The first-order valence-corrected chi connectivity index (χ1v) is 4.02.